The number of carboxylic acids is 1. The SMILES string of the molecule is O=C(CC/C=C/c1ccccc1)NC1(C(=O)O)CCOC1. The quantitative estimate of drug-likeness (QED) is 0.838. The van der Waals surface area contributed by atoms with Gasteiger partial charge in [0.25, 0.3) is 0 Å². The Balaban J connectivity index is 1.80. The molecule has 0 saturated carbocycles. The molecular formula is C16H19NO4. The van der Waals surface area contributed by atoms with Crippen LogP contribution in [-0.2, 0) is 14.3 Å². The third-order valence-electron chi connectivity index (χ3n) is 3.46. The van der Waals surface area contributed by atoms with Crippen LogP contribution in [0.2, 0.25) is 0 Å². The smallest absolute Gasteiger partial charge is 0.331 e. The molecular weight excluding hydrogens is 270 g/mol. The maximum atomic E-state index is 11.9. The molecule has 0 aromatic heterocycles. The van der Waals surface area contributed by atoms with E-state index >= 15 is 0 Å². The Kier molecular flexibility index (Phi) is 5.11. The molecule has 1 atom stereocenters. The van der Waals surface area contributed by atoms with Crippen molar-refractivity contribution in [1.82, 2.24) is 5.32 Å². The monoisotopic (exact) mass is 289 g/mol. The maximum absolute atomic E-state index is 11.9. The van der Waals surface area contributed by atoms with E-state index in [9.17, 15) is 14.7 Å². The van der Waals surface area contributed by atoms with Crippen molar-refractivity contribution in [3.8, 4) is 0 Å². The molecule has 1 aromatic rings. The average molecular weight is 289 g/mol. The van der Waals surface area contributed by atoms with Gasteiger partial charge in [-0.2, -0.15) is 0 Å². The molecule has 2 N–H and O–H groups in total. The van der Waals surface area contributed by atoms with Crippen LogP contribution >= 0.6 is 0 Å². The van der Waals surface area contributed by atoms with Crippen molar-refractivity contribution in [1.29, 1.82) is 0 Å². The Bertz CT molecular complexity index is 518. The van der Waals surface area contributed by atoms with Gasteiger partial charge in [0, 0.05) is 19.4 Å². The standard InChI is InChI=1S/C16H19NO4/c18-14(17-16(15(19)20)10-11-21-12-16)9-5-4-8-13-6-2-1-3-7-13/h1-4,6-8H,5,9-12H2,(H,17,18)(H,19,20)/b8-4+. The second kappa shape index (κ2) is 7.04. The van der Waals surface area contributed by atoms with Gasteiger partial charge in [-0.1, -0.05) is 42.5 Å². The lowest BCUT2D eigenvalue weighted by Gasteiger charge is -2.23. The number of carbonyl (C=O) groups excluding carboxylic acids is 1. The molecule has 21 heavy (non-hydrogen) atoms. The summed E-state index contributed by atoms with van der Waals surface area (Å²) in [4.78, 5) is 23.1. The van der Waals surface area contributed by atoms with E-state index in [1.165, 1.54) is 0 Å². The van der Waals surface area contributed by atoms with Gasteiger partial charge in [0.05, 0.1) is 6.61 Å². The second-order valence-corrected chi connectivity index (χ2v) is 5.09. The predicted molar refractivity (Wildman–Crippen MR) is 78.7 cm³/mol. The fourth-order valence-electron chi connectivity index (χ4n) is 2.21. The summed E-state index contributed by atoms with van der Waals surface area (Å²) in [6.45, 7) is 0.397. The summed E-state index contributed by atoms with van der Waals surface area (Å²) >= 11 is 0. The van der Waals surface area contributed by atoms with Crippen molar-refractivity contribution >= 4 is 18.0 Å². The van der Waals surface area contributed by atoms with Crippen molar-refractivity contribution in [2.24, 2.45) is 0 Å². The first-order valence-corrected chi connectivity index (χ1v) is 6.96. The molecule has 1 aliphatic rings. The van der Waals surface area contributed by atoms with Gasteiger partial charge >= 0.3 is 5.97 Å². The van der Waals surface area contributed by atoms with E-state index in [0.717, 1.165) is 5.56 Å². The van der Waals surface area contributed by atoms with Crippen molar-refractivity contribution in [2.75, 3.05) is 13.2 Å². The number of hydrogen-bond acceptors (Lipinski definition) is 3. The summed E-state index contributed by atoms with van der Waals surface area (Å²) in [7, 11) is 0. The average Bonchev–Trinajstić information content (AvgIpc) is 2.94. The fraction of sp³-hybridized carbons (Fsp3) is 0.375. The molecule has 0 bridgehead atoms. The van der Waals surface area contributed by atoms with Crippen LogP contribution < -0.4 is 5.32 Å². The molecule has 1 aromatic carbocycles. The zero-order chi connectivity index (χ0) is 15.1. The lowest BCUT2D eigenvalue weighted by atomic mass is 9.98. The highest BCUT2D eigenvalue weighted by Gasteiger charge is 2.43. The van der Waals surface area contributed by atoms with Gasteiger partial charge in [-0.05, 0) is 12.0 Å². The zero-order valence-electron chi connectivity index (χ0n) is 11.7. The van der Waals surface area contributed by atoms with Crippen LogP contribution in [0.4, 0.5) is 0 Å². The van der Waals surface area contributed by atoms with Crippen molar-refractivity contribution in [3.63, 3.8) is 0 Å². The summed E-state index contributed by atoms with van der Waals surface area (Å²) in [5.74, 6) is -1.30. The molecule has 1 fully saturated rings. The summed E-state index contributed by atoms with van der Waals surface area (Å²) in [6, 6.07) is 9.80. The second-order valence-electron chi connectivity index (χ2n) is 5.09. The fourth-order valence-corrected chi connectivity index (χ4v) is 2.21. The Morgan fingerprint density at radius 1 is 1.33 bits per heavy atom. The molecule has 0 aliphatic carbocycles. The summed E-state index contributed by atoms with van der Waals surface area (Å²) < 4.78 is 5.10. The van der Waals surface area contributed by atoms with Gasteiger partial charge in [-0.15, -0.1) is 0 Å². The minimum Gasteiger partial charge on any atom is -0.479 e. The molecule has 2 rings (SSSR count). The summed E-state index contributed by atoms with van der Waals surface area (Å²) in [5.41, 5.74) is -0.177. The summed E-state index contributed by atoms with van der Waals surface area (Å²) in [6.07, 6.45) is 5.00. The van der Waals surface area contributed by atoms with E-state index in [0.29, 0.717) is 19.4 Å². The highest BCUT2D eigenvalue weighted by Crippen LogP contribution is 2.19. The lowest BCUT2D eigenvalue weighted by molar-refractivity contribution is -0.147. The molecule has 0 spiro atoms. The Labute approximate surface area is 123 Å². The lowest BCUT2D eigenvalue weighted by Crippen LogP contribution is -2.55. The number of aliphatic carboxylic acids is 1. The first kappa shape index (κ1) is 15.3. The van der Waals surface area contributed by atoms with E-state index in [4.69, 9.17) is 4.74 Å². The largest absolute Gasteiger partial charge is 0.479 e. The molecule has 5 nitrogen and oxygen atoms in total. The third kappa shape index (κ3) is 4.16. The number of carboxylic acid groups (broad SMARTS) is 1. The minimum absolute atomic E-state index is 0.0356. The predicted octanol–water partition coefficient (Wildman–Crippen LogP) is 1.84. The van der Waals surface area contributed by atoms with Crippen LogP contribution in [0.1, 0.15) is 24.8 Å². The Morgan fingerprint density at radius 3 is 2.71 bits per heavy atom. The van der Waals surface area contributed by atoms with E-state index in [1.807, 2.05) is 42.5 Å². The zero-order valence-corrected chi connectivity index (χ0v) is 11.7. The first-order valence-electron chi connectivity index (χ1n) is 6.96. The van der Waals surface area contributed by atoms with E-state index in [-0.39, 0.29) is 18.9 Å². The van der Waals surface area contributed by atoms with Crippen LogP contribution in [0, 0.1) is 0 Å². The number of nitrogens with one attached hydrogen (secondary N) is 1. The molecule has 0 radical (unpaired) electrons. The van der Waals surface area contributed by atoms with Gasteiger partial charge < -0.3 is 15.2 Å². The molecule has 1 unspecified atom stereocenters. The summed E-state index contributed by atoms with van der Waals surface area (Å²) in [5, 5.41) is 11.8. The van der Waals surface area contributed by atoms with Crippen LogP contribution in [0.25, 0.3) is 6.08 Å². The number of rotatable bonds is 6. The number of hydrogen-bond donors (Lipinski definition) is 2. The Hall–Kier alpha value is -2.14. The van der Waals surface area contributed by atoms with Crippen LogP contribution in [0.15, 0.2) is 36.4 Å². The minimum atomic E-state index is -1.25. The van der Waals surface area contributed by atoms with Gasteiger partial charge in [0.2, 0.25) is 5.91 Å². The maximum Gasteiger partial charge on any atom is 0.331 e. The molecule has 1 aliphatic heterocycles. The van der Waals surface area contributed by atoms with Gasteiger partial charge in [0.15, 0.2) is 5.54 Å². The highest BCUT2D eigenvalue weighted by atomic mass is 16.5. The molecule has 112 valence electrons. The highest BCUT2D eigenvalue weighted by molar-refractivity contribution is 5.87. The van der Waals surface area contributed by atoms with Gasteiger partial charge in [-0.3, -0.25) is 4.79 Å². The van der Waals surface area contributed by atoms with E-state index in [2.05, 4.69) is 5.32 Å². The van der Waals surface area contributed by atoms with Crippen LogP contribution in [0.5, 0.6) is 0 Å². The number of amides is 1. The van der Waals surface area contributed by atoms with E-state index < -0.39 is 11.5 Å². The molecule has 1 saturated heterocycles. The number of carbonyl (C=O) groups is 2. The molecule has 5 heteroatoms. The number of ether oxygens (including phenoxy) is 1. The van der Waals surface area contributed by atoms with Crippen LogP contribution in [0.3, 0.4) is 0 Å². The topological polar surface area (TPSA) is 75.6 Å². The third-order valence-corrected chi connectivity index (χ3v) is 3.46. The number of benzene rings is 1. The van der Waals surface area contributed by atoms with Crippen molar-refractivity contribution < 1.29 is 19.4 Å². The van der Waals surface area contributed by atoms with Crippen molar-refractivity contribution in [3.05, 3.63) is 42.0 Å². The van der Waals surface area contributed by atoms with Gasteiger partial charge in [-0.25, -0.2) is 4.79 Å². The molecule has 1 amide bonds. The normalized spacial score (nSPS) is 21.5. The van der Waals surface area contributed by atoms with Crippen LogP contribution in [-0.4, -0.2) is 35.7 Å². The van der Waals surface area contributed by atoms with Crippen molar-refractivity contribution in [2.45, 2.75) is 24.8 Å². The van der Waals surface area contributed by atoms with Gasteiger partial charge in [0.1, 0.15) is 0 Å². The molecule has 1 heterocycles. The van der Waals surface area contributed by atoms with E-state index in [1.54, 1.807) is 0 Å². The number of allylic oxidation sites excluding steroid dienone is 1. The Morgan fingerprint density at radius 2 is 2.10 bits per heavy atom. The first-order chi connectivity index (χ1) is 10.1.